The number of aliphatic carboxylic acids is 1. The third-order valence-electron chi connectivity index (χ3n) is 0. The Morgan fingerprint density at radius 3 is 1.38 bits per heavy atom. The maximum atomic E-state index is 9.00. The van der Waals surface area contributed by atoms with Gasteiger partial charge in [-0.05, 0) is 0 Å². The monoisotopic (exact) mass is 124 g/mol. The van der Waals surface area contributed by atoms with Gasteiger partial charge < -0.3 is 16.1 Å². The van der Waals surface area contributed by atoms with E-state index in [1.165, 1.54) is 0 Å². The lowest BCUT2D eigenvalue weighted by Gasteiger charge is -1.59. The van der Waals surface area contributed by atoms with Crippen molar-refractivity contribution in [2.75, 3.05) is 0 Å². The molecular formula is C4H12O4. The van der Waals surface area contributed by atoms with Gasteiger partial charge in [0, 0.05) is 6.92 Å². The third-order valence-corrected chi connectivity index (χ3v) is 0. The van der Waals surface area contributed by atoms with Crippen LogP contribution in [0.25, 0.3) is 0 Å². The molecule has 0 aromatic heterocycles. The van der Waals surface area contributed by atoms with Crippen molar-refractivity contribution in [1.29, 1.82) is 0 Å². The van der Waals surface area contributed by atoms with Gasteiger partial charge in [-0.15, -0.1) is 13.2 Å². The van der Waals surface area contributed by atoms with Crippen molar-refractivity contribution in [3.05, 3.63) is 13.2 Å². The minimum atomic E-state index is -0.833. The number of hydrogen-bond donors (Lipinski definition) is 1. The van der Waals surface area contributed by atoms with Gasteiger partial charge in [0.1, 0.15) is 0 Å². The fourth-order valence-electron chi connectivity index (χ4n) is 0. The Labute approximate surface area is 48.1 Å². The van der Waals surface area contributed by atoms with Crippen LogP contribution in [0.5, 0.6) is 0 Å². The highest BCUT2D eigenvalue weighted by Crippen LogP contribution is 1.42. The first-order chi connectivity index (χ1) is 2.73. The molecule has 8 heavy (non-hydrogen) atoms. The Kier molecular flexibility index (Phi) is 122. The Bertz CT molecular complexity index is 39.3. The van der Waals surface area contributed by atoms with Crippen LogP contribution in [0.4, 0.5) is 0 Å². The molecule has 0 aromatic carbocycles. The summed E-state index contributed by atoms with van der Waals surface area (Å²) in [4.78, 5) is 9.00. The van der Waals surface area contributed by atoms with Gasteiger partial charge in [-0.2, -0.15) is 0 Å². The molecule has 0 aliphatic rings. The minimum absolute atomic E-state index is 0. The molecule has 0 aromatic rings. The molecule has 0 bridgehead atoms. The van der Waals surface area contributed by atoms with Crippen LogP contribution in [0.3, 0.4) is 0 Å². The molecule has 4 heteroatoms. The van der Waals surface area contributed by atoms with Crippen LogP contribution >= 0.6 is 0 Å². The van der Waals surface area contributed by atoms with E-state index in [4.69, 9.17) is 9.90 Å². The van der Waals surface area contributed by atoms with Crippen molar-refractivity contribution < 1.29 is 20.9 Å². The normalized spacial score (nSPS) is 3.62. The van der Waals surface area contributed by atoms with Crippen LogP contribution in [-0.2, 0) is 4.79 Å². The van der Waals surface area contributed by atoms with Crippen LogP contribution in [0.2, 0.25) is 0 Å². The fraction of sp³-hybridized carbons (Fsp3) is 0.250. The molecule has 0 fully saturated rings. The molecule has 0 rings (SSSR count). The lowest BCUT2D eigenvalue weighted by atomic mass is 10.9. The maximum absolute atomic E-state index is 9.00. The quantitative estimate of drug-likeness (QED) is 0.429. The zero-order valence-corrected chi connectivity index (χ0v) is 4.77. The van der Waals surface area contributed by atoms with Crippen molar-refractivity contribution in [1.82, 2.24) is 0 Å². The van der Waals surface area contributed by atoms with Gasteiger partial charge in [-0.1, -0.05) is 0 Å². The largest absolute Gasteiger partial charge is 0.481 e. The van der Waals surface area contributed by atoms with Gasteiger partial charge >= 0.3 is 0 Å². The van der Waals surface area contributed by atoms with Crippen LogP contribution in [-0.4, -0.2) is 22.0 Å². The molecule has 0 aliphatic heterocycles. The second-order valence-corrected chi connectivity index (χ2v) is 0.519. The molecule has 0 heterocycles. The SMILES string of the molecule is C=C.CC(=O)O.O.O. The molecule has 0 unspecified atom stereocenters. The summed E-state index contributed by atoms with van der Waals surface area (Å²) >= 11 is 0. The molecule has 0 saturated carbocycles. The van der Waals surface area contributed by atoms with Crippen molar-refractivity contribution in [2.45, 2.75) is 6.92 Å². The second kappa shape index (κ2) is 35.6. The van der Waals surface area contributed by atoms with Gasteiger partial charge in [0.05, 0.1) is 0 Å². The predicted octanol–water partition coefficient (Wildman–Crippen LogP) is -0.756. The van der Waals surface area contributed by atoms with E-state index >= 15 is 0 Å². The highest BCUT2D eigenvalue weighted by Gasteiger charge is 1.65. The van der Waals surface area contributed by atoms with E-state index in [9.17, 15) is 0 Å². The van der Waals surface area contributed by atoms with Gasteiger partial charge in [0.15, 0.2) is 0 Å². The zero-order chi connectivity index (χ0) is 5.58. The summed E-state index contributed by atoms with van der Waals surface area (Å²) in [6.07, 6.45) is 0. The highest BCUT2D eigenvalue weighted by atomic mass is 16.4. The van der Waals surface area contributed by atoms with Crippen LogP contribution in [0.1, 0.15) is 6.92 Å². The Morgan fingerprint density at radius 2 is 1.38 bits per heavy atom. The highest BCUT2D eigenvalue weighted by molar-refractivity contribution is 5.62. The van der Waals surface area contributed by atoms with E-state index in [-0.39, 0.29) is 11.0 Å². The Balaban J connectivity index is -0.0000000183. The van der Waals surface area contributed by atoms with E-state index < -0.39 is 5.97 Å². The topological polar surface area (TPSA) is 100 Å². The van der Waals surface area contributed by atoms with Crippen LogP contribution < -0.4 is 0 Å². The number of carbonyl (C=O) groups is 1. The average molecular weight is 124 g/mol. The molecule has 5 N–H and O–H groups in total. The smallest absolute Gasteiger partial charge is 0.300 e. The standard InChI is InChI=1S/C2H4O2.C2H4.2H2O/c1-2(3)4;1-2;;/h1H3,(H,3,4);1-2H2;2*1H2. The first-order valence-corrected chi connectivity index (χ1v) is 1.43. The number of rotatable bonds is 0. The Morgan fingerprint density at radius 1 is 1.38 bits per heavy atom. The average Bonchev–Trinajstić information content (AvgIpc) is 1.41. The van der Waals surface area contributed by atoms with E-state index in [1.54, 1.807) is 0 Å². The van der Waals surface area contributed by atoms with E-state index in [1.807, 2.05) is 0 Å². The van der Waals surface area contributed by atoms with Crippen molar-refractivity contribution in [3.8, 4) is 0 Å². The molecule has 0 amide bonds. The summed E-state index contributed by atoms with van der Waals surface area (Å²) in [5.74, 6) is -0.833. The third kappa shape index (κ3) is 116. The summed E-state index contributed by atoms with van der Waals surface area (Å²) in [7, 11) is 0. The molecule has 0 saturated heterocycles. The number of carboxylic acids is 1. The van der Waals surface area contributed by atoms with Gasteiger partial charge in [-0.25, -0.2) is 0 Å². The van der Waals surface area contributed by atoms with Gasteiger partial charge in [0.2, 0.25) is 0 Å². The molecule has 0 aliphatic carbocycles. The van der Waals surface area contributed by atoms with Crippen LogP contribution in [0.15, 0.2) is 13.2 Å². The predicted molar refractivity (Wildman–Crippen MR) is 31.8 cm³/mol. The van der Waals surface area contributed by atoms with E-state index in [0.717, 1.165) is 6.92 Å². The maximum Gasteiger partial charge on any atom is 0.300 e. The first-order valence-electron chi connectivity index (χ1n) is 1.43. The number of hydrogen-bond acceptors (Lipinski definition) is 1. The van der Waals surface area contributed by atoms with Gasteiger partial charge in [0.25, 0.3) is 5.97 Å². The summed E-state index contributed by atoms with van der Waals surface area (Å²) in [6, 6.07) is 0. The summed E-state index contributed by atoms with van der Waals surface area (Å²) < 4.78 is 0. The first kappa shape index (κ1) is 27.3. The summed E-state index contributed by atoms with van der Waals surface area (Å²) in [5.41, 5.74) is 0. The molecule has 0 spiro atoms. The lowest BCUT2D eigenvalue weighted by molar-refractivity contribution is -0.134. The van der Waals surface area contributed by atoms with E-state index in [2.05, 4.69) is 13.2 Å². The minimum Gasteiger partial charge on any atom is -0.481 e. The molecule has 0 radical (unpaired) electrons. The number of carboxylic acid groups (broad SMARTS) is 1. The lowest BCUT2D eigenvalue weighted by Crippen LogP contribution is -1.78. The molecule has 4 nitrogen and oxygen atoms in total. The molecular weight excluding hydrogens is 112 g/mol. The molecule has 0 atom stereocenters. The van der Waals surface area contributed by atoms with Gasteiger partial charge in [-0.3, -0.25) is 4.79 Å². The Hall–Kier alpha value is -0.870. The molecule has 52 valence electrons. The summed E-state index contributed by atoms with van der Waals surface area (Å²) in [5, 5.41) is 7.42. The zero-order valence-electron chi connectivity index (χ0n) is 4.77. The van der Waals surface area contributed by atoms with Crippen LogP contribution in [0, 0.1) is 0 Å². The summed E-state index contributed by atoms with van der Waals surface area (Å²) in [6.45, 7) is 7.08. The fourth-order valence-corrected chi connectivity index (χ4v) is 0. The second-order valence-electron chi connectivity index (χ2n) is 0.519. The van der Waals surface area contributed by atoms with Crippen molar-refractivity contribution >= 4 is 5.97 Å². The van der Waals surface area contributed by atoms with Crippen molar-refractivity contribution in [3.63, 3.8) is 0 Å². The van der Waals surface area contributed by atoms with Crippen molar-refractivity contribution in [2.24, 2.45) is 0 Å². The van der Waals surface area contributed by atoms with E-state index in [0.29, 0.717) is 0 Å².